The molecule has 3 heterocycles. The molecule has 1 saturated carbocycles. The Labute approximate surface area is 185 Å². The van der Waals surface area contributed by atoms with Crippen molar-refractivity contribution >= 4 is 17.6 Å². The van der Waals surface area contributed by atoms with Crippen LogP contribution in [0.4, 0.5) is 14.6 Å². The molecule has 9 heteroatoms. The molecule has 2 aromatic rings. The van der Waals surface area contributed by atoms with Gasteiger partial charge in [-0.1, -0.05) is 12.8 Å². The fraction of sp³-hybridized carbons (Fsp3) is 0.478. The second kappa shape index (κ2) is 9.18. The molecule has 0 aromatic carbocycles. The Morgan fingerprint density at radius 2 is 2.06 bits per heavy atom. The summed E-state index contributed by atoms with van der Waals surface area (Å²) in [5.41, 5.74) is 2.25. The van der Waals surface area contributed by atoms with E-state index < -0.39 is 19.1 Å². The van der Waals surface area contributed by atoms with Crippen molar-refractivity contribution < 1.29 is 23.1 Å². The molecular formula is C23H26F2N4O3. The summed E-state index contributed by atoms with van der Waals surface area (Å²) in [5, 5.41) is 2.92. The molecule has 0 spiro atoms. The molecule has 2 aromatic heterocycles. The van der Waals surface area contributed by atoms with Gasteiger partial charge in [-0.2, -0.15) is 0 Å². The van der Waals surface area contributed by atoms with Crippen LogP contribution in [0.3, 0.4) is 0 Å². The van der Waals surface area contributed by atoms with E-state index in [4.69, 9.17) is 4.74 Å². The van der Waals surface area contributed by atoms with Crippen molar-refractivity contribution in [1.29, 1.82) is 0 Å². The highest BCUT2D eigenvalue weighted by Gasteiger charge is 2.41. The van der Waals surface area contributed by atoms with E-state index in [1.54, 1.807) is 17.0 Å². The molecule has 1 N–H and O–H groups in total. The number of ether oxygens (including phenoxy) is 1. The zero-order valence-electron chi connectivity index (χ0n) is 18.1. The van der Waals surface area contributed by atoms with E-state index in [1.807, 2.05) is 13.8 Å². The molecule has 2 aliphatic rings. The average Bonchev–Trinajstić information content (AvgIpc) is 3.40. The largest absolute Gasteiger partial charge is 0.471 e. The quantitative estimate of drug-likeness (QED) is 0.694. The molecule has 170 valence electrons. The minimum Gasteiger partial charge on any atom is -0.471 e. The number of alkyl halides is 2. The van der Waals surface area contributed by atoms with Gasteiger partial charge >= 0.3 is 0 Å². The van der Waals surface area contributed by atoms with E-state index in [2.05, 4.69) is 15.3 Å². The van der Waals surface area contributed by atoms with Crippen LogP contribution < -0.4 is 10.1 Å². The molecule has 4 rings (SSSR count). The molecule has 1 aliphatic carbocycles. The zero-order valence-corrected chi connectivity index (χ0v) is 18.1. The second-order valence-corrected chi connectivity index (χ2v) is 8.19. The number of aryl methyl sites for hydroxylation is 1. The number of hydrogen-bond acceptors (Lipinski definition) is 5. The van der Waals surface area contributed by atoms with Crippen LogP contribution in [0.2, 0.25) is 0 Å². The second-order valence-electron chi connectivity index (χ2n) is 8.19. The highest BCUT2D eigenvalue weighted by molar-refractivity contribution is 6.03. The maximum atomic E-state index is 13.2. The highest BCUT2D eigenvalue weighted by atomic mass is 19.3. The number of hydrogen-bond donors (Lipinski definition) is 1. The van der Waals surface area contributed by atoms with Crippen LogP contribution in [-0.4, -0.2) is 46.3 Å². The van der Waals surface area contributed by atoms with Gasteiger partial charge in [0.1, 0.15) is 5.82 Å². The summed E-state index contributed by atoms with van der Waals surface area (Å²) in [6.07, 6.45) is 4.07. The maximum absolute atomic E-state index is 13.2. The van der Waals surface area contributed by atoms with Crippen LogP contribution in [-0.2, 0) is 4.79 Å². The van der Waals surface area contributed by atoms with E-state index in [9.17, 15) is 18.4 Å². The summed E-state index contributed by atoms with van der Waals surface area (Å²) in [4.78, 5) is 36.2. The predicted molar refractivity (Wildman–Crippen MR) is 114 cm³/mol. The van der Waals surface area contributed by atoms with Crippen molar-refractivity contribution in [2.75, 3.05) is 18.5 Å². The third-order valence-corrected chi connectivity index (χ3v) is 6.03. The number of anilines is 1. The molecule has 0 saturated heterocycles. The molecule has 1 atom stereocenters. The van der Waals surface area contributed by atoms with Gasteiger partial charge < -0.3 is 15.0 Å². The molecule has 1 fully saturated rings. The SMILES string of the molecule is CCN1C(=O)c2ccnc(NC(=O)C3CCCC3)c2C1c1cc(C)cnc1OCC(F)F. The summed E-state index contributed by atoms with van der Waals surface area (Å²) < 4.78 is 31.0. The lowest BCUT2D eigenvalue weighted by Gasteiger charge is -2.26. The van der Waals surface area contributed by atoms with E-state index in [1.165, 1.54) is 12.4 Å². The van der Waals surface area contributed by atoms with Gasteiger partial charge in [-0.25, -0.2) is 18.7 Å². The van der Waals surface area contributed by atoms with Gasteiger partial charge in [0.2, 0.25) is 11.8 Å². The first-order valence-corrected chi connectivity index (χ1v) is 10.9. The lowest BCUT2D eigenvalue weighted by molar-refractivity contribution is -0.119. The predicted octanol–water partition coefficient (Wildman–Crippen LogP) is 4.12. The van der Waals surface area contributed by atoms with Crippen LogP contribution in [0, 0.1) is 12.8 Å². The Morgan fingerprint density at radius 3 is 2.75 bits per heavy atom. The molecule has 1 unspecified atom stereocenters. The van der Waals surface area contributed by atoms with Crippen LogP contribution >= 0.6 is 0 Å². The van der Waals surface area contributed by atoms with Gasteiger partial charge in [-0.05, 0) is 44.4 Å². The number of carbonyl (C=O) groups excluding carboxylic acids is 2. The number of aromatic nitrogens is 2. The number of fused-ring (bicyclic) bond motifs is 1. The van der Waals surface area contributed by atoms with Gasteiger partial charge in [-0.3, -0.25) is 9.59 Å². The smallest absolute Gasteiger partial charge is 0.272 e. The van der Waals surface area contributed by atoms with E-state index in [-0.39, 0.29) is 23.6 Å². The third kappa shape index (κ3) is 4.16. The highest BCUT2D eigenvalue weighted by Crippen LogP contribution is 2.44. The first-order chi connectivity index (χ1) is 15.4. The van der Waals surface area contributed by atoms with Gasteiger partial charge in [0.15, 0.2) is 6.61 Å². The molecule has 0 radical (unpaired) electrons. The monoisotopic (exact) mass is 444 g/mol. The topological polar surface area (TPSA) is 84.4 Å². The molecular weight excluding hydrogens is 418 g/mol. The summed E-state index contributed by atoms with van der Waals surface area (Å²) in [6, 6.07) is 2.74. The summed E-state index contributed by atoms with van der Waals surface area (Å²) in [7, 11) is 0. The van der Waals surface area contributed by atoms with Crippen LogP contribution in [0.1, 0.15) is 65.7 Å². The van der Waals surface area contributed by atoms with Gasteiger partial charge in [0.25, 0.3) is 12.3 Å². The molecule has 7 nitrogen and oxygen atoms in total. The first kappa shape index (κ1) is 22.1. The first-order valence-electron chi connectivity index (χ1n) is 10.9. The zero-order chi connectivity index (χ0) is 22.8. The lowest BCUT2D eigenvalue weighted by atomic mass is 9.97. The Morgan fingerprint density at radius 1 is 1.31 bits per heavy atom. The molecule has 1 aliphatic heterocycles. The van der Waals surface area contributed by atoms with Crippen molar-refractivity contribution in [2.45, 2.75) is 52.0 Å². The minimum atomic E-state index is -2.66. The number of nitrogens with zero attached hydrogens (tertiary/aromatic N) is 3. The number of amides is 2. The Bertz CT molecular complexity index is 1020. The van der Waals surface area contributed by atoms with Crippen molar-refractivity contribution in [2.24, 2.45) is 5.92 Å². The maximum Gasteiger partial charge on any atom is 0.272 e. The number of carbonyl (C=O) groups is 2. The van der Waals surface area contributed by atoms with Crippen LogP contribution in [0.15, 0.2) is 24.5 Å². The van der Waals surface area contributed by atoms with Crippen LogP contribution in [0.25, 0.3) is 0 Å². The summed E-state index contributed by atoms with van der Waals surface area (Å²) in [6.45, 7) is 3.23. The summed E-state index contributed by atoms with van der Waals surface area (Å²) in [5.74, 6) is -0.0448. The standard InChI is InChI=1S/C23H26F2N4O3/c1-3-29-19(16-10-13(2)11-27-22(16)32-12-17(24)25)18-15(23(29)31)8-9-26-20(18)28-21(30)14-6-4-5-7-14/h8-11,14,17,19H,3-7,12H2,1-2H3,(H,26,28,30). The number of halogens is 2. The van der Waals surface area contributed by atoms with E-state index >= 15 is 0 Å². The normalized spacial score (nSPS) is 18.3. The van der Waals surface area contributed by atoms with Gasteiger partial charge in [0, 0.05) is 36.0 Å². The molecule has 32 heavy (non-hydrogen) atoms. The third-order valence-electron chi connectivity index (χ3n) is 6.03. The Balaban J connectivity index is 1.79. The lowest BCUT2D eigenvalue weighted by Crippen LogP contribution is -2.29. The number of rotatable bonds is 7. The van der Waals surface area contributed by atoms with Crippen molar-refractivity contribution in [3.05, 3.63) is 46.8 Å². The summed E-state index contributed by atoms with van der Waals surface area (Å²) >= 11 is 0. The van der Waals surface area contributed by atoms with E-state index in [0.29, 0.717) is 29.1 Å². The Kier molecular flexibility index (Phi) is 6.34. The van der Waals surface area contributed by atoms with Gasteiger partial charge in [-0.15, -0.1) is 0 Å². The molecule has 0 bridgehead atoms. The van der Waals surface area contributed by atoms with Crippen molar-refractivity contribution in [1.82, 2.24) is 14.9 Å². The van der Waals surface area contributed by atoms with Crippen LogP contribution in [0.5, 0.6) is 5.88 Å². The van der Waals surface area contributed by atoms with Crippen molar-refractivity contribution in [3.63, 3.8) is 0 Å². The van der Waals surface area contributed by atoms with Gasteiger partial charge in [0.05, 0.1) is 11.6 Å². The number of pyridine rings is 2. The average molecular weight is 444 g/mol. The van der Waals surface area contributed by atoms with Crippen molar-refractivity contribution in [3.8, 4) is 5.88 Å². The Hall–Kier alpha value is -3.10. The fourth-order valence-corrected chi connectivity index (χ4v) is 4.56. The fourth-order valence-electron chi connectivity index (χ4n) is 4.56. The number of nitrogens with one attached hydrogen (secondary N) is 1. The molecule has 2 amide bonds. The minimum absolute atomic E-state index is 0.0388. The van der Waals surface area contributed by atoms with E-state index in [0.717, 1.165) is 31.2 Å².